The number of benzene rings is 1. The molecule has 18 heavy (non-hydrogen) atoms. The molecule has 100 valence electrons. The van der Waals surface area contributed by atoms with Crippen molar-refractivity contribution >= 4 is 17.3 Å². The SMILES string of the molecule is CCOC(=O)CCCNc1cc(N)cc(OC)c1. The minimum atomic E-state index is -0.163. The molecular weight excluding hydrogens is 232 g/mol. The van der Waals surface area contributed by atoms with Crippen LogP contribution in [-0.4, -0.2) is 26.2 Å². The molecule has 0 spiro atoms. The highest BCUT2D eigenvalue weighted by Gasteiger charge is 2.02. The molecule has 5 nitrogen and oxygen atoms in total. The molecule has 3 N–H and O–H groups in total. The highest BCUT2D eigenvalue weighted by atomic mass is 16.5. The number of nitrogens with two attached hydrogens (primary N) is 1. The van der Waals surface area contributed by atoms with Crippen LogP contribution in [0.1, 0.15) is 19.8 Å². The molecule has 0 atom stereocenters. The molecule has 0 aliphatic heterocycles. The lowest BCUT2D eigenvalue weighted by molar-refractivity contribution is -0.143. The summed E-state index contributed by atoms with van der Waals surface area (Å²) in [5.74, 6) is 0.548. The Kier molecular flexibility index (Phi) is 5.84. The molecule has 0 heterocycles. The van der Waals surface area contributed by atoms with Crippen molar-refractivity contribution in [1.29, 1.82) is 0 Å². The molecule has 0 fully saturated rings. The topological polar surface area (TPSA) is 73.6 Å². The quantitative estimate of drug-likeness (QED) is 0.441. The fourth-order valence-electron chi connectivity index (χ4n) is 1.54. The van der Waals surface area contributed by atoms with Crippen molar-refractivity contribution < 1.29 is 14.3 Å². The van der Waals surface area contributed by atoms with Crippen molar-refractivity contribution in [3.05, 3.63) is 18.2 Å². The van der Waals surface area contributed by atoms with Gasteiger partial charge in [-0.3, -0.25) is 4.79 Å². The van der Waals surface area contributed by atoms with E-state index >= 15 is 0 Å². The molecule has 1 aromatic carbocycles. The average Bonchev–Trinajstić information content (AvgIpc) is 2.34. The molecule has 0 saturated carbocycles. The number of ether oxygens (including phenoxy) is 2. The largest absolute Gasteiger partial charge is 0.497 e. The van der Waals surface area contributed by atoms with E-state index in [4.69, 9.17) is 15.2 Å². The van der Waals surface area contributed by atoms with Gasteiger partial charge in [-0.25, -0.2) is 0 Å². The Labute approximate surface area is 107 Å². The first-order chi connectivity index (χ1) is 8.65. The summed E-state index contributed by atoms with van der Waals surface area (Å²) in [6.07, 6.45) is 1.14. The molecular formula is C13H20N2O3. The van der Waals surface area contributed by atoms with Crippen LogP contribution in [0.25, 0.3) is 0 Å². The van der Waals surface area contributed by atoms with Gasteiger partial charge in [-0.2, -0.15) is 0 Å². The average molecular weight is 252 g/mol. The lowest BCUT2D eigenvalue weighted by atomic mass is 10.2. The molecule has 0 radical (unpaired) electrons. The monoisotopic (exact) mass is 252 g/mol. The summed E-state index contributed by atoms with van der Waals surface area (Å²) in [7, 11) is 1.60. The Morgan fingerprint density at radius 2 is 2.17 bits per heavy atom. The number of esters is 1. The third-order valence-corrected chi connectivity index (χ3v) is 2.36. The first-order valence-electron chi connectivity index (χ1n) is 5.99. The summed E-state index contributed by atoms with van der Waals surface area (Å²) < 4.78 is 9.96. The normalized spacial score (nSPS) is 9.89. The van der Waals surface area contributed by atoms with Gasteiger partial charge in [0.25, 0.3) is 0 Å². The van der Waals surface area contributed by atoms with Crippen molar-refractivity contribution in [3.63, 3.8) is 0 Å². The second kappa shape index (κ2) is 7.42. The van der Waals surface area contributed by atoms with Crippen LogP contribution in [-0.2, 0) is 9.53 Å². The summed E-state index contributed by atoms with van der Waals surface area (Å²) in [5.41, 5.74) is 7.26. The Morgan fingerprint density at radius 1 is 1.39 bits per heavy atom. The van der Waals surface area contributed by atoms with E-state index in [2.05, 4.69) is 5.32 Å². The van der Waals surface area contributed by atoms with Crippen LogP contribution in [0, 0.1) is 0 Å². The third kappa shape index (κ3) is 4.95. The zero-order valence-electron chi connectivity index (χ0n) is 10.9. The minimum absolute atomic E-state index is 0.163. The number of carbonyl (C=O) groups excluding carboxylic acids is 1. The van der Waals surface area contributed by atoms with Gasteiger partial charge < -0.3 is 20.5 Å². The summed E-state index contributed by atoms with van der Waals surface area (Å²) >= 11 is 0. The van der Waals surface area contributed by atoms with E-state index < -0.39 is 0 Å². The van der Waals surface area contributed by atoms with Gasteiger partial charge in [0.15, 0.2) is 0 Å². The molecule has 1 rings (SSSR count). The minimum Gasteiger partial charge on any atom is -0.497 e. The summed E-state index contributed by atoms with van der Waals surface area (Å²) in [6, 6.07) is 5.44. The zero-order chi connectivity index (χ0) is 13.4. The molecule has 5 heteroatoms. The maximum absolute atomic E-state index is 11.1. The van der Waals surface area contributed by atoms with Gasteiger partial charge in [0.2, 0.25) is 0 Å². The van der Waals surface area contributed by atoms with Crippen LogP contribution >= 0.6 is 0 Å². The number of methoxy groups -OCH3 is 1. The van der Waals surface area contributed by atoms with Gasteiger partial charge in [0, 0.05) is 36.5 Å². The number of hydrogen-bond acceptors (Lipinski definition) is 5. The highest BCUT2D eigenvalue weighted by molar-refractivity contribution is 5.69. The van der Waals surface area contributed by atoms with Crippen LogP contribution in [0.2, 0.25) is 0 Å². The van der Waals surface area contributed by atoms with Crippen molar-refractivity contribution in [2.24, 2.45) is 0 Å². The predicted octanol–water partition coefficient (Wildman–Crippen LogP) is 2.03. The maximum Gasteiger partial charge on any atom is 0.305 e. The number of anilines is 2. The number of nitrogen functional groups attached to an aromatic ring is 1. The van der Waals surface area contributed by atoms with Crippen molar-refractivity contribution in [2.75, 3.05) is 31.3 Å². The van der Waals surface area contributed by atoms with Crippen molar-refractivity contribution in [2.45, 2.75) is 19.8 Å². The van der Waals surface area contributed by atoms with Gasteiger partial charge in [-0.1, -0.05) is 0 Å². The second-order valence-corrected chi connectivity index (χ2v) is 3.83. The Bertz CT molecular complexity index is 394. The first-order valence-corrected chi connectivity index (χ1v) is 5.99. The van der Waals surface area contributed by atoms with Crippen molar-refractivity contribution in [3.8, 4) is 5.75 Å². The fraction of sp³-hybridized carbons (Fsp3) is 0.462. The van der Waals surface area contributed by atoms with Gasteiger partial charge in [0.05, 0.1) is 13.7 Å². The van der Waals surface area contributed by atoms with E-state index in [1.807, 2.05) is 12.1 Å². The van der Waals surface area contributed by atoms with Gasteiger partial charge in [-0.05, 0) is 19.4 Å². The van der Waals surface area contributed by atoms with Crippen LogP contribution < -0.4 is 15.8 Å². The van der Waals surface area contributed by atoms with Crippen LogP contribution in [0.15, 0.2) is 18.2 Å². The predicted molar refractivity (Wildman–Crippen MR) is 71.8 cm³/mol. The van der Waals surface area contributed by atoms with E-state index in [1.165, 1.54) is 0 Å². The molecule has 0 unspecified atom stereocenters. The Hall–Kier alpha value is -1.91. The van der Waals surface area contributed by atoms with E-state index in [0.29, 0.717) is 31.0 Å². The summed E-state index contributed by atoms with van der Waals surface area (Å²) in [6.45, 7) is 2.92. The molecule has 0 aliphatic carbocycles. The number of carbonyl (C=O) groups is 1. The lowest BCUT2D eigenvalue weighted by Gasteiger charge is -2.09. The van der Waals surface area contributed by atoms with Crippen LogP contribution in [0.3, 0.4) is 0 Å². The molecule has 0 aromatic heterocycles. The molecule has 1 aromatic rings. The molecule has 0 bridgehead atoms. The van der Waals surface area contributed by atoms with Gasteiger partial charge >= 0.3 is 5.97 Å². The summed E-state index contributed by atoms with van der Waals surface area (Å²) in [4.78, 5) is 11.1. The number of nitrogens with one attached hydrogen (secondary N) is 1. The zero-order valence-corrected chi connectivity index (χ0v) is 10.9. The third-order valence-electron chi connectivity index (χ3n) is 2.36. The fourth-order valence-corrected chi connectivity index (χ4v) is 1.54. The molecule has 0 amide bonds. The molecule has 0 saturated heterocycles. The summed E-state index contributed by atoms with van der Waals surface area (Å²) in [5, 5.41) is 3.19. The van der Waals surface area contributed by atoms with Crippen LogP contribution in [0.5, 0.6) is 5.75 Å². The lowest BCUT2D eigenvalue weighted by Crippen LogP contribution is -2.08. The Balaban J connectivity index is 2.35. The van der Waals surface area contributed by atoms with E-state index in [0.717, 1.165) is 12.1 Å². The second-order valence-electron chi connectivity index (χ2n) is 3.83. The standard InChI is InChI=1S/C13H20N2O3/c1-3-18-13(16)5-4-6-15-11-7-10(14)8-12(9-11)17-2/h7-9,15H,3-6,14H2,1-2H3. The van der Waals surface area contributed by atoms with Crippen molar-refractivity contribution in [1.82, 2.24) is 0 Å². The van der Waals surface area contributed by atoms with E-state index in [-0.39, 0.29) is 5.97 Å². The molecule has 0 aliphatic rings. The maximum atomic E-state index is 11.1. The van der Waals surface area contributed by atoms with E-state index in [9.17, 15) is 4.79 Å². The smallest absolute Gasteiger partial charge is 0.305 e. The highest BCUT2D eigenvalue weighted by Crippen LogP contribution is 2.22. The van der Waals surface area contributed by atoms with Crippen LogP contribution in [0.4, 0.5) is 11.4 Å². The first kappa shape index (κ1) is 14.2. The Morgan fingerprint density at radius 3 is 2.83 bits per heavy atom. The number of rotatable bonds is 7. The number of hydrogen-bond donors (Lipinski definition) is 2. The van der Waals surface area contributed by atoms with Gasteiger partial charge in [0.1, 0.15) is 5.75 Å². The van der Waals surface area contributed by atoms with Gasteiger partial charge in [-0.15, -0.1) is 0 Å². The van der Waals surface area contributed by atoms with E-state index in [1.54, 1.807) is 20.1 Å².